The van der Waals surface area contributed by atoms with Gasteiger partial charge in [-0.05, 0) is 25.1 Å². The highest BCUT2D eigenvalue weighted by Gasteiger charge is 2.16. The van der Waals surface area contributed by atoms with Gasteiger partial charge >= 0.3 is 0 Å². The molecule has 0 saturated heterocycles. The van der Waals surface area contributed by atoms with Gasteiger partial charge in [-0.15, -0.1) is 11.3 Å². The van der Waals surface area contributed by atoms with E-state index in [2.05, 4.69) is 20.3 Å². The molecular weight excluding hydrogens is 328 g/mol. The first-order chi connectivity index (χ1) is 11.7. The molecule has 0 saturated carbocycles. The summed E-state index contributed by atoms with van der Waals surface area (Å²) in [5, 5.41) is 5.09. The Morgan fingerprint density at radius 3 is 2.92 bits per heavy atom. The Labute approximate surface area is 141 Å². The van der Waals surface area contributed by atoms with Crippen LogP contribution in [0.4, 0.5) is 5.13 Å². The molecule has 1 N–H and O–H groups in total. The Morgan fingerprint density at radius 1 is 1.21 bits per heavy atom. The zero-order valence-corrected chi connectivity index (χ0v) is 13.5. The van der Waals surface area contributed by atoms with E-state index < -0.39 is 0 Å². The lowest BCUT2D eigenvalue weighted by molar-refractivity contribution is 0.102. The zero-order chi connectivity index (χ0) is 16.5. The third-order valence-electron chi connectivity index (χ3n) is 3.41. The highest BCUT2D eigenvalue weighted by molar-refractivity contribution is 7.14. The van der Waals surface area contributed by atoms with Crippen LogP contribution in [0, 0.1) is 6.92 Å². The van der Waals surface area contributed by atoms with Gasteiger partial charge in [-0.1, -0.05) is 0 Å². The molecule has 1 amide bonds. The molecule has 0 aliphatic carbocycles. The normalized spacial score (nSPS) is 12.2. The predicted molar refractivity (Wildman–Crippen MR) is 88.4 cm³/mol. The van der Waals surface area contributed by atoms with Crippen LogP contribution in [0.25, 0.3) is 11.3 Å². The van der Waals surface area contributed by atoms with E-state index >= 15 is 0 Å². The van der Waals surface area contributed by atoms with Crippen LogP contribution in [-0.2, 0) is 0 Å². The second kappa shape index (κ2) is 5.89. The Kier molecular flexibility index (Phi) is 3.58. The molecule has 24 heavy (non-hydrogen) atoms. The number of nitrogens with zero attached hydrogens (tertiary/aromatic N) is 3. The Bertz CT molecular complexity index is 908. The number of aromatic nitrogens is 3. The summed E-state index contributed by atoms with van der Waals surface area (Å²) in [6.45, 7) is 2.04. The van der Waals surface area contributed by atoms with Crippen molar-refractivity contribution in [2.45, 2.75) is 6.92 Å². The maximum absolute atomic E-state index is 12.1. The van der Waals surface area contributed by atoms with Crippen LogP contribution in [0.2, 0.25) is 0 Å². The lowest BCUT2D eigenvalue weighted by Crippen LogP contribution is -2.13. The smallest absolute Gasteiger partial charge is 0.277 e. The monoisotopic (exact) mass is 340 g/mol. The standard InChI is InChI=1S/C16H12N4O3S/c1-9-5-18-11(6-17-9)15(21)20-16-19-12(7-24-16)10-2-3-13-14(4-10)23-8-22-13/h2-7H,8H2,1H3,(H,19,20,21). The summed E-state index contributed by atoms with van der Waals surface area (Å²) in [4.78, 5) is 24.7. The number of anilines is 1. The van der Waals surface area contributed by atoms with Crippen molar-refractivity contribution >= 4 is 22.4 Å². The first-order valence-corrected chi connectivity index (χ1v) is 8.02. The van der Waals surface area contributed by atoms with Crippen LogP contribution < -0.4 is 14.8 Å². The Balaban J connectivity index is 1.52. The third-order valence-corrected chi connectivity index (χ3v) is 4.16. The average Bonchev–Trinajstić information content (AvgIpc) is 3.23. The van der Waals surface area contributed by atoms with E-state index in [4.69, 9.17) is 9.47 Å². The number of carbonyl (C=O) groups is 1. The van der Waals surface area contributed by atoms with Gasteiger partial charge in [0.1, 0.15) is 5.69 Å². The highest BCUT2D eigenvalue weighted by atomic mass is 32.1. The molecule has 1 aromatic carbocycles. The van der Waals surface area contributed by atoms with Crippen molar-refractivity contribution in [3.8, 4) is 22.8 Å². The van der Waals surface area contributed by atoms with Gasteiger partial charge < -0.3 is 9.47 Å². The second-order valence-corrected chi connectivity index (χ2v) is 5.96. The molecule has 0 atom stereocenters. The summed E-state index contributed by atoms with van der Waals surface area (Å²) in [7, 11) is 0. The van der Waals surface area contributed by atoms with Gasteiger partial charge in [0, 0.05) is 17.1 Å². The molecule has 0 bridgehead atoms. The fourth-order valence-electron chi connectivity index (χ4n) is 2.19. The van der Waals surface area contributed by atoms with Gasteiger partial charge in [-0.3, -0.25) is 15.1 Å². The minimum Gasteiger partial charge on any atom is -0.454 e. The molecule has 1 aliphatic heterocycles. The number of carbonyl (C=O) groups excluding carboxylic acids is 1. The number of benzene rings is 1. The van der Waals surface area contributed by atoms with Crippen molar-refractivity contribution in [1.82, 2.24) is 15.0 Å². The summed E-state index contributed by atoms with van der Waals surface area (Å²) in [6, 6.07) is 5.62. The van der Waals surface area contributed by atoms with Crippen LogP contribution >= 0.6 is 11.3 Å². The number of hydrogen-bond donors (Lipinski definition) is 1. The van der Waals surface area contributed by atoms with E-state index in [1.807, 2.05) is 30.5 Å². The SMILES string of the molecule is Cc1cnc(C(=O)Nc2nc(-c3ccc4c(c3)OCO4)cs2)cn1. The number of fused-ring (bicyclic) bond motifs is 1. The molecule has 1 aliphatic rings. The number of rotatable bonds is 3. The lowest BCUT2D eigenvalue weighted by atomic mass is 10.1. The Morgan fingerprint density at radius 2 is 2.08 bits per heavy atom. The van der Waals surface area contributed by atoms with Gasteiger partial charge in [0.15, 0.2) is 16.6 Å². The summed E-state index contributed by atoms with van der Waals surface area (Å²) in [5.41, 5.74) is 2.65. The number of hydrogen-bond acceptors (Lipinski definition) is 7. The molecule has 0 spiro atoms. The first kappa shape index (κ1) is 14.6. The summed E-state index contributed by atoms with van der Waals surface area (Å²) >= 11 is 1.34. The fraction of sp³-hybridized carbons (Fsp3) is 0.125. The topological polar surface area (TPSA) is 86.2 Å². The first-order valence-electron chi connectivity index (χ1n) is 7.14. The quantitative estimate of drug-likeness (QED) is 0.789. The zero-order valence-electron chi connectivity index (χ0n) is 12.6. The minimum absolute atomic E-state index is 0.231. The summed E-state index contributed by atoms with van der Waals surface area (Å²) in [6.07, 6.45) is 2.99. The number of ether oxygens (including phenoxy) is 2. The molecule has 0 fully saturated rings. The van der Waals surface area contributed by atoms with Crippen LogP contribution in [-0.4, -0.2) is 27.7 Å². The van der Waals surface area contributed by atoms with Gasteiger partial charge in [0.05, 0.1) is 17.6 Å². The molecule has 3 aromatic rings. The van der Waals surface area contributed by atoms with E-state index in [0.29, 0.717) is 10.9 Å². The van der Waals surface area contributed by atoms with E-state index in [1.165, 1.54) is 17.5 Å². The van der Waals surface area contributed by atoms with E-state index in [-0.39, 0.29) is 18.4 Å². The van der Waals surface area contributed by atoms with Gasteiger partial charge in [0.25, 0.3) is 5.91 Å². The number of amides is 1. The van der Waals surface area contributed by atoms with Crippen molar-refractivity contribution in [3.05, 3.63) is 47.4 Å². The average molecular weight is 340 g/mol. The molecule has 0 radical (unpaired) electrons. The third kappa shape index (κ3) is 2.79. The number of aryl methyl sites for hydroxylation is 1. The summed E-state index contributed by atoms with van der Waals surface area (Å²) in [5.74, 6) is 1.08. The van der Waals surface area contributed by atoms with E-state index in [0.717, 1.165) is 22.7 Å². The molecule has 120 valence electrons. The second-order valence-electron chi connectivity index (χ2n) is 5.10. The fourth-order valence-corrected chi connectivity index (χ4v) is 2.91. The van der Waals surface area contributed by atoms with E-state index in [1.54, 1.807) is 6.20 Å². The molecule has 8 heteroatoms. The van der Waals surface area contributed by atoms with Gasteiger partial charge in [0.2, 0.25) is 6.79 Å². The van der Waals surface area contributed by atoms with Crippen molar-refractivity contribution in [3.63, 3.8) is 0 Å². The number of thiazole rings is 1. The maximum Gasteiger partial charge on any atom is 0.277 e. The van der Waals surface area contributed by atoms with Crippen molar-refractivity contribution < 1.29 is 14.3 Å². The van der Waals surface area contributed by atoms with Crippen molar-refractivity contribution in [1.29, 1.82) is 0 Å². The number of nitrogens with one attached hydrogen (secondary N) is 1. The minimum atomic E-state index is -0.339. The summed E-state index contributed by atoms with van der Waals surface area (Å²) < 4.78 is 10.7. The largest absolute Gasteiger partial charge is 0.454 e. The van der Waals surface area contributed by atoms with Crippen LogP contribution in [0.15, 0.2) is 36.0 Å². The highest BCUT2D eigenvalue weighted by Crippen LogP contribution is 2.36. The lowest BCUT2D eigenvalue weighted by Gasteiger charge is -2.01. The predicted octanol–water partition coefficient (Wildman–Crippen LogP) is 2.89. The molecule has 2 aromatic heterocycles. The Hall–Kier alpha value is -3.00. The maximum atomic E-state index is 12.1. The van der Waals surface area contributed by atoms with Crippen LogP contribution in [0.1, 0.15) is 16.2 Å². The van der Waals surface area contributed by atoms with Crippen LogP contribution in [0.3, 0.4) is 0 Å². The molecular formula is C16H12N4O3S. The van der Waals surface area contributed by atoms with Gasteiger partial charge in [-0.25, -0.2) is 9.97 Å². The van der Waals surface area contributed by atoms with Crippen LogP contribution in [0.5, 0.6) is 11.5 Å². The molecule has 4 rings (SSSR count). The molecule has 7 nitrogen and oxygen atoms in total. The van der Waals surface area contributed by atoms with Gasteiger partial charge in [-0.2, -0.15) is 0 Å². The van der Waals surface area contributed by atoms with E-state index in [9.17, 15) is 4.79 Å². The van der Waals surface area contributed by atoms with Crippen molar-refractivity contribution in [2.24, 2.45) is 0 Å². The molecule has 3 heterocycles. The van der Waals surface area contributed by atoms with Crippen molar-refractivity contribution in [2.75, 3.05) is 12.1 Å². The molecule has 0 unspecified atom stereocenters.